The van der Waals surface area contributed by atoms with Crippen LogP contribution in [0.5, 0.6) is 0 Å². The van der Waals surface area contributed by atoms with Crippen LogP contribution >= 0.6 is 11.3 Å². The number of benzene rings is 1. The molecule has 0 spiro atoms. The van der Waals surface area contributed by atoms with Gasteiger partial charge in [-0.05, 0) is 30.7 Å². The van der Waals surface area contributed by atoms with Crippen LogP contribution in [0.1, 0.15) is 16.1 Å². The average molecular weight is 303 g/mol. The molecule has 3 nitrogen and oxygen atoms in total. The van der Waals surface area contributed by atoms with E-state index < -0.39 is 0 Å². The zero-order valence-corrected chi connectivity index (χ0v) is 12.8. The molecule has 1 aromatic carbocycles. The van der Waals surface area contributed by atoms with Gasteiger partial charge >= 0.3 is 0 Å². The first kappa shape index (κ1) is 14.2. The van der Waals surface area contributed by atoms with Crippen LogP contribution in [0.15, 0.2) is 54.2 Å². The van der Waals surface area contributed by atoms with Gasteiger partial charge in [-0.15, -0.1) is 11.3 Å². The van der Waals surface area contributed by atoms with Crippen molar-refractivity contribution in [3.63, 3.8) is 0 Å². The van der Waals surface area contributed by atoms with Crippen LogP contribution in [-0.4, -0.2) is 9.97 Å². The molecular formula is C18H13N3S. The van der Waals surface area contributed by atoms with Crippen LogP contribution in [0.3, 0.4) is 0 Å². The Hall–Kier alpha value is -2.77. The molecule has 0 atom stereocenters. The van der Waals surface area contributed by atoms with Crippen molar-refractivity contribution in [3.8, 4) is 17.3 Å². The Labute approximate surface area is 133 Å². The second-order valence-electron chi connectivity index (χ2n) is 4.86. The van der Waals surface area contributed by atoms with Crippen LogP contribution in [0.25, 0.3) is 22.9 Å². The van der Waals surface area contributed by atoms with E-state index in [-0.39, 0.29) is 0 Å². The highest BCUT2D eigenvalue weighted by Crippen LogP contribution is 2.26. The molecular weight excluding hydrogens is 290 g/mol. The highest BCUT2D eigenvalue weighted by molar-refractivity contribution is 7.11. The van der Waals surface area contributed by atoms with Crippen molar-refractivity contribution in [2.24, 2.45) is 0 Å². The number of hydrogen-bond acceptors (Lipinski definition) is 4. The maximum atomic E-state index is 9.43. The Morgan fingerprint density at radius 2 is 2.05 bits per heavy atom. The average Bonchev–Trinajstić information content (AvgIpc) is 3.03. The first-order valence-corrected chi connectivity index (χ1v) is 7.69. The largest absolute Gasteiger partial charge is 0.265 e. The summed E-state index contributed by atoms with van der Waals surface area (Å²) in [7, 11) is 0. The number of nitriles is 1. The summed E-state index contributed by atoms with van der Waals surface area (Å²) >= 11 is 1.48. The summed E-state index contributed by atoms with van der Waals surface area (Å²) < 4.78 is 0. The first-order valence-electron chi connectivity index (χ1n) is 6.81. The number of hydrogen-bond donors (Lipinski definition) is 0. The fraction of sp³-hybridized carbons (Fsp3) is 0.0556. The van der Waals surface area contributed by atoms with Gasteiger partial charge in [0.25, 0.3) is 0 Å². The minimum atomic E-state index is 0.580. The van der Waals surface area contributed by atoms with Crippen LogP contribution in [0, 0.1) is 18.3 Å². The van der Waals surface area contributed by atoms with Gasteiger partial charge < -0.3 is 0 Å². The summed E-state index contributed by atoms with van der Waals surface area (Å²) in [6, 6.07) is 14.1. The number of rotatable bonds is 3. The van der Waals surface area contributed by atoms with E-state index in [1.807, 2.05) is 48.7 Å². The highest BCUT2D eigenvalue weighted by Gasteiger charge is 2.09. The van der Waals surface area contributed by atoms with Gasteiger partial charge in [0.15, 0.2) is 0 Å². The Morgan fingerprint density at radius 3 is 2.77 bits per heavy atom. The summed E-state index contributed by atoms with van der Waals surface area (Å²) in [5.74, 6) is 0. The third-order valence-electron chi connectivity index (χ3n) is 3.18. The van der Waals surface area contributed by atoms with E-state index in [1.165, 1.54) is 16.9 Å². The predicted molar refractivity (Wildman–Crippen MR) is 90.0 cm³/mol. The lowest BCUT2D eigenvalue weighted by molar-refractivity contribution is 1.31. The van der Waals surface area contributed by atoms with Crippen molar-refractivity contribution >= 4 is 23.0 Å². The highest BCUT2D eigenvalue weighted by atomic mass is 32.1. The van der Waals surface area contributed by atoms with Crippen molar-refractivity contribution in [2.45, 2.75) is 6.92 Å². The van der Waals surface area contributed by atoms with Crippen molar-refractivity contribution in [3.05, 3.63) is 70.3 Å². The zero-order chi connectivity index (χ0) is 15.4. The Balaban J connectivity index is 1.96. The smallest absolute Gasteiger partial charge is 0.134 e. The fourth-order valence-electron chi connectivity index (χ4n) is 2.12. The van der Waals surface area contributed by atoms with Crippen LogP contribution in [-0.2, 0) is 0 Å². The number of aromatic nitrogens is 2. The van der Waals surface area contributed by atoms with E-state index in [4.69, 9.17) is 0 Å². The van der Waals surface area contributed by atoms with E-state index >= 15 is 0 Å². The Kier molecular flexibility index (Phi) is 4.08. The monoisotopic (exact) mass is 303 g/mol. The molecule has 0 aliphatic rings. The normalized spacial score (nSPS) is 11.2. The van der Waals surface area contributed by atoms with Gasteiger partial charge in [-0.3, -0.25) is 4.98 Å². The molecule has 0 bridgehead atoms. The minimum Gasteiger partial charge on any atom is -0.265 e. The van der Waals surface area contributed by atoms with Gasteiger partial charge in [0, 0.05) is 23.3 Å². The molecule has 0 saturated carbocycles. The lowest BCUT2D eigenvalue weighted by atomic mass is 10.1. The number of pyridine rings is 1. The molecule has 0 N–H and O–H groups in total. The number of allylic oxidation sites excluding steroid dienone is 1. The molecule has 0 amide bonds. The molecule has 0 radical (unpaired) electrons. The van der Waals surface area contributed by atoms with Crippen LogP contribution in [0.2, 0.25) is 0 Å². The Morgan fingerprint density at radius 1 is 1.23 bits per heavy atom. The van der Waals surface area contributed by atoms with E-state index in [1.54, 1.807) is 12.4 Å². The molecule has 4 heteroatoms. The molecule has 0 saturated heterocycles. The van der Waals surface area contributed by atoms with Gasteiger partial charge in [-0.25, -0.2) is 4.98 Å². The maximum absolute atomic E-state index is 9.43. The fourth-order valence-corrected chi connectivity index (χ4v) is 2.92. The van der Waals surface area contributed by atoms with E-state index in [2.05, 4.69) is 22.1 Å². The quantitative estimate of drug-likeness (QED) is 0.665. The third kappa shape index (κ3) is 3.11. The summed E-state index contributed by atoms with van der Waals surface area (Å²) in [5.41, 5.74) is 4.63. The second-order valence-corrected chi connectivity index (χ2v) is 5.72. The third-order valence-corrected chi connectivity index (χ3v) is 4.06. The number of thiazole rings is 1. The molecule has 3 rings (SSSR count). The van der Waals surface area contributed by atoms with Crippen LogP contribution in [0.4, 0.5) is 0 Å². The van der Waals surface area contributed by atoms with Crippen molar-refractivity contribution in [1.82, 2.24) is 9.97 Å². The molecule has 22 heavy (non-hydrogen) atoms. The summed E-state index contributed by atoms with van der Waals surface area (Å²) in [6.07, 6.45) is 5.35. The molecule has 0 unspecified atom stereocenters. The first-order chi connectivity index (χ1) is 10.8. The number of aryl methyl sites for hydroxylation is 1. The van der Waals surface area contributed by atoms with Gasteiger partial charge in [0.2, 0.25) is 0 Å². The lowest BCUT2D eigenvalue weighted by Crippen LogP contribution is -1.83. The second kappa shape index (κ2) is 6.33. The Bertz CT molecular complexity index is 857. The molecule has 2 heterocycles. The van der Waals surface area contributed by atoms with Gasteiger partial charge in [0.1, 0.15) is 11.1 Å². The molecule has 0 aliphatic carbocycles. The topological polar surface area (TPSA) is 49.6 Å². The number of nitrogens with zero attached hydrogens (tertiary/aromatic N) is 3. The van der Waals surface area contributed by atoms with Crippen molar-refractivity contribution < 1.29 is 0 Å². The molecule has 0 fully saturated rings. The van der Waals surface area contributed by atoms with E-state index in [0.717, 1.165) is 21.8 Å². The predicted octanol–water partition coefficient (Wildman–Crippen LogP) is 4.58. The summed E-state index contributed by atoms with van der Waals surface area (Å²) in [4.78, 5) is 8.58. The van der Waals surface area contributed by atoms with Gasteiger partial charge in [-0.2, -0.15) is 5.26 Å². The zero-order valence-electron chi connectivity index (χ0n) is 12.0. The molecule has 2 aromatic heterocycles. The van der Waals surface area contributed by atoms with Crippen molar-refractivity contribution in [2.75, 3.05) is 0 Å². The summed E-state index contributed by atoms with van der Waals surface area (Å²) in [6.45, 7) is 2.04. The lowest BCUT2D eigenvalue weighted by Gasteiger charge is -1.98. The molecule has 0 aliphatic heterocycles. The SMILES string of the molecule is Cc1cccc(/C=C(/C#N)c2nc(-c3ccncc3)cs2)c1. The minimum absolute atomic E-state index is 0.580. The molecule has 3 aromatic rings. The van der Waals surface area contributed by atoms with E-state index in [0.29, 0.717) is 5.57 Å². The standard InChI is InChI=1S/C18H13N3S/c1-13-3-2-4-14(9-13)10-16(11-19)18-21-17(12-22-18)15-5-7-20-8-6-15/h2-10,12H,1H3/b16-10-. The molecule has 106 valence electrons. The van der Waals surface area contributed by atoms with Gasteiger partial charge in [0.05, 0.1) is 11.3 Å². The van der Waals surface area contributed by atoms with Crippen LogP contribution < -0.4 is 0 Å². The summed E-state index contributed by atoms with van der Waals surface area (Å²) in [5, 5.41) is 12.1. The van der Waals surface area contributed by atoms with Crippen molar-refractivity contribution in [1.29, 1.82) is 5.26 Å². The van der Waals surface area contributed by atoms with Gasteiger partial charge in [-0.1, -0.05) is 29.8 Å². The maximum Gasteiger partial charge on any atom is 0.134 e. The van der Waals surface area contributed by atoms with E-state index in [9.17, 15) is 5.26 Å².